The van der Waals surface area contributed by atoms with E-state index in [1.807, 2.05) is 0 Å². The van der Waals surface area contributed by atoms with Gasteiger partial charge in [-0.2, -0.15) is 0 Å². The predicted molar refractivity (Wildman–Crippen MR) is 28.2 cm³/mol. The van der Waals surface area contributed by atoms with Gasteiger partial charge >= 0.3 is 0 Å². The molecule has 0 saturated carbocycles. The average Bonchev–Trinajstić information content (AvgIpc) is 2.35. The molecule has 0 unspecified atom stereocenters. The fourth-order valence-corrected chi connectivity index (χ4v) is 0.712. The zero-order chi connectivity index (χ0) is 6.27. The molecule has 0 atom stereocenters. The number of nitrogens with zero attached hydrogens (tertiary/aromatic N) is 4. The normalized spacial score (nSPS) is 10.7. The summed E-state index contributed by atoms with van der Waals surface area (Å²) in [6.07, 6.45) is 3.05. The van der Waals surface area contributed by atoms with Gasteiger partial charge in [0.1, 0.15) is 5.52 Å². The quantitative estimate of drug-likeness (QED) is 0.493. The van der Waals surface area contributed by atoms with Crippen LogP contribution in [0, 0.1) is 0 Å². The molecule has 0 fully saturated rings. The highest BCUT2D eigenvalue weighted by molar-refractivity contribution is 5.40. The lowest BCUT2D eigenvalue weighted by Gasteiger charge is -1.86. The molecule has 2 heterocycles. The van der Waals surface area contributed by atoms with Crippen molar-refractivity contribution in [3.63, 3.8) is 0 Å². The van der Waals surface area contributed by atoms with Gasteiger partial charge in [-0.3, -0.25) is 0 Å². The summed E-state index contributed by atoms with van der Waals surface area (Å²) in [7, 11) is 0. The molecule has 0 aliphatic carbocycles. The molecule has 5 heteroatoms. The summed E-state index contributed by atoms with van der Waals surface area (Å²) in [4.78, 5) is 0.863. The number of hydrogen-bond acceptors (Lipinski definition) is 3. The number of hydrogen-bond donors (Lipinski definition) is 1. The van der Waals surface area contributed by atoms with Crippen LogP contribution in [0.25, 0.3) is 5.52 Å². The van der Waals surface area contributed by atoms with Crippen LogP contribution in [0.2, 0.25) is 0 Å². The first-order valence-electron chi connectivity index (χ1n) is 2.45. The van der Waals surface area contributed by atoms with Crippen LogP contribution < -0.4 is 0 Å². The summed E-state index contributed by atoms with van der Waals surface area (Å²) in [6.45, 7) is 0. The van der Waals surface area contributed by atoms with Crippen molar-refractivity contribution in [2.45, 2.75) is 0 Å². The van der Waals surface area contributed by atoms with Gasteiger partial charge in [0, 0.05) is 0 Å². The molecular formula is C4H4N4O. The standard InChI is InChI=1S/C4H4N4O/c9-7-2-1-4-3-5-6-8(4)7/h1-3,9H. The van der Waals surface area contributed by atoms with Crippen molar-refractivity contribution in [1.82, 2.24) is 19.8 Å². The summed E-state index contributed by atoms with van der Waals surface area (Å²) in [5.41, 5.74) is 0.775. The van der Waals surface area contributed by atoms with E-state index in [0.717, 1.165) is 10.4 Å². The van der Waals surface area contributed by atoms with E-state index < -0.39 is 0 Å². The van der Waals surface area contributed by atoms with E-state index in [1.165, 1.54) is 10.8 Å². The third-order valence-corrected chi connectivity index (χ3v) is 1.13. The van der Waals surface area contributed by atoms with E-state index in [9.17, 15) is 0 Å². The first-order valence-corrected chi connectivity index (χ1v) is 2.45. The smallest absolute Gasteiger partial charge is 0.111 e. The number of aromatic nitrogens is 4. The molecule has 2 rings (SSSR count). The summed E-state index contributed by atoms with van der Waals surface area (Å²) in [6, 6.07) is 1.71. The molecule has 9 heavy (non-hydrogen) atoms. The highest BCUT2D eigenvalue weighted by Gasteiger charge is 1.96. The second kappa shape index (κ2) is 1.25. The van der Waals surface area contributed by atoms with Gasteiger partial charge in [0.2, 0.25) is 0 Å². The second-order valence-electron chi connectivity index (χ2n) is 1.68. The SMILES string of the molecule is On1ccc2cnnn21. The largest absolute Gasteiger partial charge is 0.412 e. The maximum Gasteiger partial charge on any atom is 0.111 e. The van der Waals surface area contributed by atoms with Crippen molar-refractivity contribution in [1.29, 1.82) is 0 Å². The van der Waals surface area contributed by atoms with Crippen molar-refractivity contribution >= 4 is 5.52 Å². The lowest BCUT2D eigenvalue weighted by atomic mass is 10.6. The molecule has 0 saturated heterocycles. The summed E-state index contributed by atoms with van der Waals surface area (Å²) >= 11 is 0. The Labute approximate surface area is 50.1 Å². The minimum absolute atomic E-state index is 0.775. The minimum Gasteiger partial charge on any atom is -0.412 e. The Morgan fingerprint density at radius 2 is 2.44 bits per heavy atom. The van der Waals surface area contributed by atoms with E-state index in [1.54, 1.807) is 12.3 Å². The lowest BCUT2D eigenvalue weighted by molar-refractivity contribution is 0.126. The zero-order valence-electron chi connectivity index (χ0n) is 4.47. The van der Waals surface area contributed by atoms with Crippen LogP contribution in [0.3, 0.4) is 0 Å². The maximum atomic E-state index is 8.88. The third kappa shape index (κ3) is 0.426. The predicted octanol–water partition coefficient (Wildman–Crippen LogP) is -0.232. The van der Waals surface area contributed by atoms with Crippen LogP contribution in [-0.2, 0) is 0 Å². The maximum absolute atomic E-state index is 8.88. The number of fused-ring (bicyclic) bond motifs is 1. The number of rotatable bonds is 0. The molecule has 0 aromatic carbocycles. The Hall–Kier alpha value is -1.52. The van der Waals surface area contributed by atoms with Crippen molar-refractivity contribution < 1.29 is 5.21 Å². The van der Waals surface area contributed by atoms with E-state index in [4.69, 9.17) is 5.21 Å². The van der Waals surface area contributed by atoms with Crippen molar-refractivity contribution in [3.8, 4) is 0 Å². The second-order valence-corrected chi connectivity index (χ2v) is 1.68. The van der Waals surface area contributed by atoms with Gasteiger partial charge < -0.3 is 5.21 Å². The van der Waals surface area contributed by atoms with Crippen LogP contribution in [0.1, 0.15) is 0 Å². The third-order valence-electron chi connectivity index (χ3n) is 1.13. The molecule has 2 aromatic rings. The first-order chi connectivity index (χ1) is 4.38. The lowest BCUT2D eigenvalue weighted by Crippen LogP contribution is -2.00. The molecule has 2 aromatic heterocycles. The van der Waals surface area contributed by atoms with Gasteiger partial charge in [-0.15, -0.1) is 14.6 Å². The Morgan fingerprint density at radius 3 is 3.22 bits per heavy atom. The Morgan fingerprint density at radius 1 is 1.56 bits per heavy atom. The van der Waals surface area contributed by atoms with E-state index >= 15 is 0 Å². The van der Waals surface area contributed by atoms with E-state index in [2.05, 4.69) is 10.3 Å². The molecule has 0 amide bonds. The fraction of sp³-hybridized carbons (Fsp3) is 0. The average molecular weight is 124 g/mol. The molecule has 0 radical (unpaired) electrons. The van der Waals surface area contributed by atoms with Gasteiger partial charge in [-0.1, -0.05) is 0 Å². The van der Waals surface area contributed by atoms with Gasteiger partial charge in [0.15, 0.2) is 0 Å². The summed E-state index contributed by atoms with van der Waals surface area (Å²) in [5.74, 6) is 0. The van der Waals surface area contributed by atoms with Crippen molar-refractivity contribution in [2.24, 2.45) is 0 Å². The molecule has 5 nitrogen and oxygen atoms in total. The Balaban J connectivity index is 2.99. The molecule has 1 N–H and O–H groups in total. The van der Waals surface area contributed by atoms with E-state index in [-0.39, 0.29) is 0 Å². The van der Waals surface area contributed by atoms with Crippen LogP contribution in [0.5, 0.6) is 0 Å². The Bertz CT molecular complexity index is 322. The van der Waals surface area contributed by atoms with Crippen LogP contribution in [0.4, 0.5) is 0 Å². The van der Waals surface area contributed by atoms with Gasteiger partial charge in [-0.25, -0.2) is 0 Å². The first kappa shape index (κ1) is 4.37. The van der Waals surface area contributed by atoms with Crippen LogP contribution in [0.15, 0.2) is 18.5 Å². The molecule has 0 bridgehead atoms. The van der Waals surface area contributed by atoms with E-state index in [0.29, 0.717) is 0 Å². The molecule has 46 valence electrons. The molecule has 0 aliphatic heterocycles. The fourth-order valence-electron chi connectivity index (χ4n) is 0.712. The van der Waals surface area contributed by atoms with Gasteiger partial charge in [-0.05, 0) is 11.3 Å². The molecule has 0 spiro atoms. The monoisotopic (exact) mass is 124 g/mol. The van der Waals surface area contributed by atoms with Gasteiger partial charge in [0.05, 0.1) is 12.4 Å². The van der Waals surface area contributed by atoms with Gasteiger partial charge in [0.25, 0.3) is 0 Å². The molecule has 0 aliphatic rings. The highest BCUT2D eigenvalue weighted by Crippen LogP contribution is 1.96. The highest BCUT2D eigenvalue weighted by atomic mass is 16.5. The van der Waals surface area contributed by atoms with Crippen molar-refractivity contribution in [2.75, 3.05) is 0 Å². The minimum atomic E-state index is 0.775. The zero-order valence-corrected chi connectivity index (χ0v) is 4.47. The summed E-state index contributed by atoms with van der Waals surface area (Å²) < 4.78 is 1.28. The van der Waals surface area contributed by atoms with Crippen LogP contribution in [-0.4, -0.2) is 25.0 Å². The Kier molecular flexibility index (Phi) is 0.606. The summed E-state index contributed by atoms with van der Waals surface area (Å²) in [5, 5.41) is 16.0. The molecular weight excluding hydrogens is 120 g/mol. The van der Waals surface area contributed by atoms with Crippen LogP contribution >= 0.6 is 0 Å². The topological polar surface area (TPSA) is 55.3 Å². The van der Waals surface area contributed by atoms with Crippen molar-refractivity contribution in [3.05, 3.63) is 18.5 Å².